The van der Waals surface area contributed by atoms with E-state index in [0.717, 1.165) is 11.8 Å². The molecule has 9 heteroatoms. The molecule has 0 N–H and O–H groups in total. The summed E-state index contributed by atoms with van der Waals surface area (Å²) in [6.07, 6.45) is 7.43. The Morgan fingerprint density at radius 1 is 1.17 bits per heavy atom. The van der Waals surface area contributed by atoms with Crippen LogP contribution in [0.1, 0.15) is 16.8 Å². The zero-order valence-corrected chi connectivity index (χ0v) is 20.6. The molecule has 3 heterocycles. The summed E-state index contributed by atoms with van der Waals surface area (Å²) in [4.78, 5) is 26.8. The summed E-state index contributed by atoms with van der Waals surface area (Å²) in [5.41, 5.74) is 2.24. The SMILES string of the molecule is CN(C)[C@@H]1CCN(C(=O)c2ccc3c([S+](C)[O-])cn(-c4ncc(-c5ccccc5F)cn4)c3c2)C1. The third-order valence-corrected chi connectivity index (χ3v) is 7.49. The number of benzene rings is 2. The minimum absolute atomic E-state index is 0.0287. The van der Waals surface area contributed by atoms with Gasteiger partial charge in [0, 0.05) is 48.2 Å². The normalized spacial score (nSPS) is 16.9. The second-order valence-electron chi connectivity index (χ2n) is 8.96. The molecule has 2 aromatic heterocycles. The topological polar surface area (TPSA) is 77.3 Å². The number of hydrogen-bond acceptors (Lipinski definition) is 5. The largest absolute Gasteiger partial charge is 0.612 e. The average molecular weight is 492 g/mol. The fourth-order valence-electron chi connectivity index (χ4n) is 4.53. The standard InChI is InChI=1S/C26H26FN5O2S/c1-30(2)19-10-11-31(15-19)25(33)17-8-9-21-23(12-17)32(16-24(21)35(3)34)26-28-13-18(14-29-26)20-6-4-5-7-22(20)27/h4-9,12-14,16,19H,10-11,15H2,1-3H3/t19-,35?/m1/s1. The third kappa shape index (κ3) is 4.42. The highest BCUT2D eigenvalue weighted by molar-refractivity contribution is 7.91. The highest BCUT2D eigenvalue weighted by atomic mass is 32.2. The van der Waals surface area contributed by atoms with Crippen LogP contribution in [0.5, 0.6) is 0 Å². The molecule has 0 aliphatic carbocycles. The first-order valence-electron chi connectivity index (χ1n) is 11.3. The molecule has 2 aromatic carbocycles. The number of likely N-dealkylation sites (tertiary alicyclic amines) is 1. The van der Waals surface area contributed by atoms with E-state index in [-0.39, 0.29) is 11.7 Å². The van der Waals surface area contributed by atoms with Crippen molar-refractivity contribution < 1.29 is 13.7 Å². The quantitative estimate of drug-likeness (QED) is 0.398. The van der Waals surface area contributed by atoms with Crippen LogP contribution in [0.2, 0.25) is 0 Å². The third-order valence-electron chi connectivity index (χ3n) is 6.55. The van der Waals surface area contributed by atoms with Crippen molar-refractivity contribution in [3.63, 3.8) is 0 Å². The molecular formula is C26H26FN5O2S. The molecule has 0 bridgehead atoms. The maximum absolute atomic E-state index is 14.2. The maximum atomic E-state index is 14.2. The number of likely N-dealkylation sites (N-methyl/N-ethyl adjacent to an activating group) is 1. The Balaban J connectivity index is 1.53. The van der Waals surface area contributed by atoms with Gasteiger partial charge in [-0.25, -0.2) is 14.4 Å². The van der Waals surface area contributed by atoms with Crippen molar-refractivity contribution in [2.75, 3.05) is 33.4 Å². The molecule has 0 spiro atoms. The summed E-state index contributed by atoms with van der Waals surface area (Å²) in [5.74, 6) is -0.0234. The number of nitrogens with zero attached hydrogens (tertiary/aromatic N) is 5. The Labute approximate surface area is 206 Å². The van der Waals surface area contributed by atoms with Crippen LogP contribution >= 0.6 is 0 Å². The number of amides is 1. The van der Waals surface area contributed by atoms with Crippen LogP contribution in [0.15, 0.2) is 66.0 Å². The van der Waals surface area contributed by atoms with E-state index < -0.39 is 11.2 Å². The van der Waals surface area contributed by atoms with E-state index >= 15 is 0 Å². The zero-order valence-electron chi connectivity index (χ0n) is 19.8. The number of aromatic nitrogens is 3. The Hall–Kier alpha value is -3.27. The molecular weight excluding hydrogens is 465 g/mol. The van der Waals surface area contributed by atoms with E-state index in [1.54, 1.807) is 53.7 Å². The van der Waals surface area contributed by atoms with E-state index in [2.05, 4.69) is 14.9 Å². The van der Waals surface area contributed by atoms with Gasteiger partial charge >= 0.3 is 0 Å². The Kier molecular flexibility index (Phi) is 6.31. The van der Waals surface area contributed by atoms with Gasteiger partial charge in [-0.2, -0.15) is 0 Å². The number of hydrogen-bond donors (Lipinski definition) is 0. The lowest BCUT2D eigenvalue weighted by Gasteiger charge is -2.20. The molecule has 1 aliphatic heterocycles. The van der Waals surface area contributed by atoms with Gasteiger partial charge in [0.1, 0.15) is 12.1 Å². The van der Waals surface area contributed by atoms with Gasteiger partial charge in [-0.15, -0.1) is 0 Å². The molecule has 1 unspecified atom stereocenters. The van der Waals surface area contributed by atoms with E-state index in [1.807, 2.05) is 31.1 Å². The molecule has 0 saturated carbocycles. The first-order valence-corrected chi connectivity index (χ1v) is 12.9. The van der Waals surface area contributed by atoms with Crippen LogP contribution in [-0.4, -0.2) is 74.3 Å². The van der Waals surface area contributed by atoms with Crippen molar-refractivity contribution >= 4 is 28.0 Å². The van der Waals surface area contributed by atoms with Crippen LogP contribution in [-0.2, 0) is 11.2 Å². The summed E-state index contributed by atoms with van der Waals surface area (Å²) in [7, 11) is 4.06. The molecule has 0 radical (unpaired) electrons. The fourth-order valence-corrected chi connectivity index (χ4v) is 5.27. The minimum Gasteiger partial charge on any atom is -0.612 e. The second-order valence-corrected chi connectivity index (χ2v) is 10.3. The molecule has 1 amide bonds. The number of fused-ring (bicyclic) bond motifs is 1. The van der Waals surface area contributed by atoms with Gasteiger partial charge in [-0.3, -0.25) is 9.36 Å². The molecule has 2 atom stereocenters. The van der Waals surface area contributed by atoms with Crippen LogP contribution in [0.25, 0.3) is 28.0 Å². The van der Waals surface area contributed by atoms with Crippen LogP contribution in [0.3, 0.4) is 0 Å². The van der Waals surface area contributed by atoms with Crippen molar-refractivity contribution in [2.24, 2.45) is 0 Å². The molecule has 1 saturated heterocycles. The highest BCUT2D eigenvalue weighted by Crippen LogP contribution is 2.30. The smallest absolute Gasteiger partial charge is 0.253 e. The van der Waals surface area contributed by atoms with Crippen LogP contribution in [0.4, 0.5) is 4.39 Å². The van der Waals surface area contributed by atoms with Gasteiger partial charge in [-0.05, 0) is 56.0 Å². The van der Waals surface area contributed by atoms with Gasteiger partial charge in [0.2, 0.25) is 5.95 Å². The average Bonchev–Trinajstić information content (AvgIpc) is 3.50. The van der Waals surface area contributed by atoms with Gasteiger partial charge in [0.15, 0.2) is 4.90 Å². The lowest BCUT2D eigenvalue weighted by atomic mass is 10.1. The first-order chi connectivity index (χ1) is 16.8. The van der Waals surface area contributed by atoms with Crippen molar-refractivity contribution in [3.05, 3.63) is 72.4 Å². The van der Waals surface area contributed by atoms with Crippen LogP contribution in [0, 0.1) is 5.82 Å². The van der Waals surface area contributed by atoms with Gasteiger partial charge in [0.25, 0.3) is 5.91 Å². The number of rotatable bonds is 5. The Morgan fingerprint density at radius 3 is 2.57 bits per heavy atom. The molecule has 180 valence electrons. The van der Waals surface area contributed by atoms with Crippen molar-refractivity contribution in [1.82, 2.24) is 24.3 Å². The highest BCUT2D eigenvalue weighted by Gasteiger charge is 2.29. The summed E-state index contributed by atoms with van der Waals surface area (Å²) in [6, 6.07) is 12.2. The van der Waals surface area contributed by atoms with E-state index in [1.165, 1.54) is 6.07 Å². The summed E-state index contributed by atoms with van der Waals surface area (Å²) >= 11 is -1.25. The zero-order chi connectivity index (χ0) is 24.7. The lowest BCUT2D eigenvalue weighted by molar-refractivity contribution is 0.0783. The second kappa shape index (κ2) is 9.41. The molecule has 1 fully saturated rings. The molecule has 7 nitrogen and oxygen atoms in total. The van der Waals surface area contributed by atoms with Crippen molar-refractivity contribution in [3.8, 4) is 17.1 Å². The fraction of sp³-hybridized carbons (Fsp3) is 0.269. The van der Waals surface area contributed by atoms with Crippen LogP contribution < -0.4 is 0 Å². The summed E-state index contributed by atoms with van der Waals surface area (Å²) in [5, 5.41) is 0.775. The summed E-state index contributed by atoms with van der Waals surface area (Å²) in [6.45, 7) is 1.40. The van der Waals surface area contributed by atoms with E-state index in [4.69, 9.17) is 0 Å². The Bertz CT molecular complexity index is 1390. The maximum Gasteiger partial charge on any atom is 0.253 e. The van der Waals surface area contributed by atoms with Gasteiger partial charge in [-0.1, -0.05) is 18.2 Å². The van der Waals surface area contributed by atoms with Crippen molar-refractivity contribution in [1.29, 1.82) is 0 Å². The lowest BCUT2D eigenvalue weighted by Crippen LogP contribution is -2.34. The van der Waals surface area contributed by atoms with E-state index in [9.17, 15) is 13.7 Å². The van der Waals surface area contributed by atoms with E-state index in [0.29, 0.717) is 52.2 Å². The Morgan fingerprint density at radius 2 is 1.91 bits per heavy atom. The van der Waals surface area contributed by atoms with Crippen molar-refractivity contribution in [2.45, 2.75) is 17.4 Å². The number of carbonyl (C=O) groups excluding carboxylic acids is 1. The monoisotopic (exact) mass is 491 g/mol. The molecule has 4 aromatic rings. The summed E-state index contributed by atoms with van der Waals surface area (Å²) < 4.78 is 28.4. The number of carbonyl (C=O) groups is 1. The van der Waals surface area contributed by atoms with Gasteiger partial charge < -0.3 is 14.4 Å². The molecule has 35 heavy (non-hydrogen) atoms. The first kappa shape index (κ1) is 23.5. The predicted molar refractivity (Wildman–Crippen MR) is 135 cm³/mol. The molecule has 1 aliphatic rings. The number of halogens is 1. The van der Waals surface area contributed by atoms with Gasteiger partial charge in [0.05, 0.1) is 17.1 Å². The predicted octanol–water partition coefficient (Wildman–Crippen LogP) is 3.74. The molecule has 5 rings (SSSR count). The minimum atomic E-state index is -1.25.